The van der Waals surface area contributed by atoms with Gasteiger partial charge < -0.3 is 15.3 Å². The second-order valence-corrected chi connectivity index (χ2v) is 9.36. The van der Waals surface area contributed by atoms with Crippen LogP contribution in [0.15, 0.2) is 24.3 Å². The number of carbonyl (C=O) groups is 1. The van der Waals surface area contributed by atoms with Crippen molar-refractivity contribution in [1.82, 2.24) is 10.5 Å². The molecule has 1 aromatic heterocycles. The van der Waals surface area contributed by atoms with Crippen LogP contribution in [0, 0.1) is 11.8 Å². The number of para-hydroxylation sites is 1. The standard InChI is InChI=1S/C22H32N2O5S/c25-17(22-23-16-8-5-6-9-20(16)30-22)12-11-15-14(18(26)13-19(15)27)7-3-1-2-4-10-21(28)24-29/h5-6,8-9,14-15,17-19,25-27,29H,1-4,7,10-13H2,(H,24,28)/t14-,15?,17?,18+,19-/m1/s1. The van der Waals surface area contributed by atoms with Crippen LogP contribution in [0.4, 0.5) is 0 Å². The molecule has 0 aliphatic heterocycles. The van der Waals surface area contributed by atoms with Crippen molar-refractivity contribution in [3.8, 4) is 0 Å². The maximum atomic E-state index is 11.0. The largest absolute Gasteiger partial charge is 0.393 e. The molecule has 166 valence electrons. The monoisotopic (exact) mass is 436 g/mol. The summed E-state index contributed by atoms with van der Waals surface area (Å²) in [7, 11) is 0. The Kier molecular flexibility index (Phi) is 8.59. The van der Waals surface area contributed by atoms with E-state index in [-0.39, 0.29) is 17.7 Å². The third-order valence-electron chi connectivity index (χ3n) is 6.21. The van der Waals surface area contributed by atoms with E-state index in [0.717, 1.165) is 42.3 Å². The molecule has 2 unspecified atom stereocenters. The van der Waals surface area contributed by atoms with Gasteiger partial charge in [-0.25, -0.2) is 10.5 Å². The molecule has 0 spiro atoms. The van der Waals surface area contributed by atoms with Gasteiger partial charge in [0.15, 0.2) is 0 Å². The molecule has 1 heterocycles. The van der Waals surface area contributed by atoms with Crippen molar-refractivity contribution in [2.45, 2.75) is 76.1 Å². The van der Waals surface area contributed by atoms with Crippen LogP contribution in [0.1, 0.15) is 68.9 Å². The van der Waals surface area contributed by atoms with Crippen LogP contribution in [0.3, 0.4) is 0 Å². The first-order chi connectivity index (χ1) is 14.5. The van der Waals surface area contributed by atoms with Crippen molar-refractivity contribution in [3.63, 3.8) is 0 Å². The third kappa shape index (κ3) is 5.98. The molecule has 5 atom stereocenters. The third-order valence-corrected chi connectivity index (χ3v) is 7.34. The Morgan fingerprint density at radius 2 is 1.80 bits per heavy atom. The smallest absolute Gasteiger partial charge is 0.243 e. The Labute approximate surface area is 180 Å². The molecule has 1 aliphatic rings. The van der Waals surface area contributed by atoms with E-state index < -0.39 is 18.3 Å². The molecular formula is C22H32N2O5S. The van der Waals surface area contributed by atoms with Crippen molar-refractivity contribution < 1.29 is 25.3 Å². The van der Waals surface area contributed by atoms with Gasteiger partial charge in [0.2, 0.25) is 5.91 Å². The molecule has 1 amide bonds. The molecule has 8 heteroatoms. The quantitative estimate of drug-likeness (QED) is 0.209. The van der Waals surface area contributed by atoms with Crippen molar-refractivity contribution in [3.05, 3.63) is 29.3 Å². The Bertz CT molecular complexity index is 781. The lowest BCUT2D eigenvalue weighted by molar-refractivity contribution is -0.129. The maximum absolute atomic E-state index is 11.0. The van der Waals surface area contributed by atoms with Crippen LogP contribution in [-0.2, 0) is 4.79 Å². The molecular weight excluding hydrogens is 404 g/mol. The summed E-state index contributed by atoms with van der Waals surface area (Å²) in [6.45, 7) is 0. The number of rotatable bonds is 11. The summed E-state index contributed by atoms with van der Waals surface area (Å²) in [6, 6.07) is 7.82. The summed E-state index contributed by atoms with van der Waals surface area (Å²) in [4.78, 5) is 15.5. The lowest BCUT2D eigenvalue weighted by atomic mass is 9.85. The maximum Gasteiger partial charge on any atom is 0.243 e. The molecule has 0 radical (unpaired) electrons. The minimum absolute atomic E-state index is 0.0239. The molecule has 1 aliphatic carbocycles. The summed E-state index contributed by atoms with van der Waals surface area (Å²) in [6.07, 6.45) is 4.46. The van der Waals surface area contributed by atoms with Gasteiger partial charge in [0, 0.05) is 6.42 Å². The number of hydroxylamine groups is 1. The molecule has 1 fully saturated rings. The predicted molar refractivity (Wildman–Crippen MR) is 115 cm³/mol. The van der Waals surface area contributed by atoms with E-state index in [9.17, 15) is 20.1 Å². The molecule has 0 saturated heterocycles. The second kappa shape index (κ2) is 11.2. The molecule has 1 saturated carbocycles. The number of aliphatic hydroxyl groups excluding tert-OH is 3. The Balaban J connectivity index is 1.46. The van der Waals surface area contributed by atoms with Crippen molar-refractivity contribution in [2.24, 2.45) is 11.8 Å². The number of unbranched alkanes of at least 4 members (excludes halogenated alkanes) is 3. The SMILES string of the molecule is O=C(CCCCCC[C@@H]1C(CCC(O)c2nc3ccccc3s2)[C@H](O)C[C@@H]1O)NO. The molecule has 0 bridgehead atoms. The van der Waals surface area contributed by atoms with E-state index in [1.807, 2.05) is 24.3 Å². The highest BCUT2D eigenvalue weighted by Crippen LogP contribution is 2.40. The molecule has 30 heavy (non-hydrogen) atoms. The van der Waals surface area contributed by atoms with Crippen LogP contribution in [0.25, 0.3) is 10.2 Å². The summed E-state index contributed by atoms with van der Waals surface area (Å²) < 4.78 is 1.05. The zero-order valence-corrected chi connectivity index (χ0v) is 17.9. The van der Waals surface area contributed by atoms with Crippen molar-refractivity contribution in [2.75, 3.05) is 0 Å². The highest BCUT2D eigenvalue weighted by molar-refractivity contribution is 7.18. The van der Waals surface area contributed by atoms with Crippen molar-refractivity contribution in [1.29, 1.82) is 0 Å². The van der Waals surface area contributed by atoms with Gasteiger partial charge in [0.25, 0.3) is 0 Å². The zero-order valence-electron chi connectivity index (χ0n) is 17.1. The first-order valence-corrected chi connectivity index (χ1v) is 11.6. The normalized spacial score (nSPS) is 24.9. The molecule has 2 aromatic rings. The van der Waals surface area contributed by atoms with E-state index in [1.54, 1.807) is 5.48 Å². The number of thiazole rings is 1. The second-order valence-electron chi connectivity index (χ2n) is 8.30. The lowest BCUT2D eigenvalue weighted by Crippen LogP contribution is -2.23. The summed E-state index contributed by atoms with van der Waals surface area (Å²) in [5.74, 6) is -0.358. The van der Waals surface area contributed by atoms with Crippen LogP contribution in [-0.4, -0.2) is 43.6 Å². The minimum Gasteiger partial charge on any atom is -0.393 e. The first-order valence-electron chi connectivity index (χ1n) is 10.8. The topological polar surface area (TPSA) is 123 Å². The van der Waals surface area contributed by atoms with E-state index in [4.69, 9.17) is 5.21 Å². The number of nitrogens with zero attached hydrogens (tertiary/aromatic N) is 1. The average Bonchev–Trinajstić information content (AvgIpc) is 3.29. The van der Waals surface area contributed by atoms with Crippen LogP contribution < -0.4 is 5.48 Å². The van der Waals surface area contributed by atoms with Gasteiger partial charge >= 0.3 is 0 Å². The number of benzene rings is 1. The number of hydrogen-bond donors (Lipinski definition) is 5. The van der Waals surface area contributed by atoms with E-state index in [2.05, 4.69) is 4.98 Å². The number of hydrogen-bond acceptors (Lipinski definition) is 7. The predicted octanol–water partition coefficient (Wildman–Crippen LogP) is 3.31. The lowest BCUT2D eigenvalue weighted by Gasteiger charge is -2.24. The first kappa shape index (κ1) is 23.1. The van der Waals surface area contributed by atoms with Gasteiger partial charge in [-0.2, -0.15) is 0 Å². The fourth-order valence-corrected chi connectivity index (χ4v) is 5.55. The fraction of sp³-hybridized carbons (Fsp3) is 0.636. The highest BCUT2D eigenvalue weighted by atomic mass is 32.1. The van der Waals surface area contributed by atoms with Gasteiger partial charge in [-0.3, -0.25) is 10.0 Å². The van der Waals surface area contributed by atoms with Crippen LogP contribution in [0.5, 0.6) is 0 Å². The van der Waals surface area contributed by atoms with Gasteiger partial charge in [0.1, 0.15) is 11.1 Å². The van der Waals surface area contributed by atoms with E-state index >= 15 is 0 Å². The minimum atomic E-state index is -0.661. The Morgan fingerprint density at radius 1 is 1.10 bits per heavy atom. The molecule has 1 aromatic carbocycles. The van der Waals surface area contributed by atoms with E-state index in [1.165, 1.54) is 11.3 Å². The zero-order chi connectivity index (χ0) is 21.5. The summed E-state index contributed by atoms with van der Waals surface area (Å²) in [5, 5.41) is 40.6. The fourth-order valence-electron chi connectivity index (χ4n) is 4.56. The van der Waals surface area contributed by atoms with E-state index in [0.29, 0.717) is 30.7 Å². The summed E-state index contributed by atoms with van der Waals surface area (Å²) in [5.41, 5.74) is 2.53. The number of aliphatic hydroxyl groups is 3. The van der Waals surface area contributed by atoms with Crippen LogP contribution in [0.2, 0.25) is 0 Å². The molecule has 5 N–H and O–H groups in total. The highest BCUT2D eigenvalue weighted by Gasteiger charge is 2.41. The number of amides is 1. The van der Waals surface area contributed by atoms with Gasteiger partial charge in [-0.15, -0.1) is 11.3 Å². The average molecular weight is 437 g/mol. The Morgan fingerprint density at radius 3 is 2.53 bits per heavy atom. The number of fused-ring (bicyclic) bond motifs is 1. The van der Waals surface area contributed by atoms with Gasteiger partial charge in [-0.05, 0) is 56.1 Å². The molecule has 3 rings (SSSR count). The Hall–Kier alpha value is -1.58. The number of nitrogens with one attached hydrogen (secondary N) is 1. The van der Waals surface area contributed by atoms with Crippen LogP contribution >= 0.6 is 11.3 Å². The number of aromatic nitrogens is 1. The van der Waals surface area contributed by atoms with Gasteiger partial charge in [0.05, 0.1) is 22.4 Å². The summed E-state index contributed by atoms with van der Waals surface area (Å²) >= 11 is 1.50. The molecule has 7 nitrogen and oxygen atoms in total. The van der Waals surface area contributed by atoms with Crippen molar-refractivity contribution >= 4 is 27.5 Å². The number of carbonyl (C=O) groups excluding carboxylic acids is 1. The van der Waals surface area contributed by atoms with Gasteiger partial charge in [-0.1, -0.05) is 31.4 Å².